The van der Waals surface area contributed by atoms with Crippen molar-refractivity contribution in [2.24, 2.45) is 0 Å². The minimum Gasteiger partial charge on any atom is -0.336 e. The van der Waals surface area contributed by atoms with Crippen LogP contribution in [0.15, 0.2) is 53.7 Å². The zero-order valence-electron chi connectivity index (χ0n) is 17.3. The minimum atomic E-state index is -3.57. The average Bonchev–Trinajstić information content (AvgIpc) is 3.09. The molecule has 0 atom stereocenters. The summed E-state index contributed by atoms with van der Waals surface area (Å²) in [4.78, 5) is 16.5. The second kappa shape index (κ2) is 9.27. The van der Waals surface area contributed by atoms with Crippen LogP contribution in [0.5, 0.6) is 0 Å². The van der Waals surface area contributed by atoms with Crippen molar-refractivity contribution < 1.29 is 13.2 Å². The molecule has 9 heteroatoms. The lowest BCUT2D eigenvalue weighted by molar-refractivity contribution is 0.240. The van der Waals surface area contributed by atoms with E-state index in [2.05, 4.69) is 20.3 Å². The van der Waals surface area contributed by atoms with Crippen LogP contribution in [-0.2, 0) is 23.1 Å². The quantitative estimate of drug-likeness (QED) is 0.512. The normalized spacial score (nSPS) is 11.7. The van der Waals surface area contributed by atoms with Crippen LogP contribution in [0, 0.1) is 6.92 Å². The molecular formula is C21H27N5O3S. The van der Waals surface area contributed by atoms with Gasteiger partial charge >= 0.3 is 6.03 Å². The molecule has 0 aliphatic heterocycles. The molecule has 0 bridgehead atoms. The van der Waals surface area contributed by atoms with Crippen molar-refractivity contribution in [2.45, 2.75) is 44.8 Å². The van der Waals surface area contributed by atoms with Crippen molar-refractivity contribution in [2.75, 3.05) is 6.54 Å². The fraction of sp³-hybridized carbons (Fsp3) is 0.333. The molecule has 0 radical (unpaired) electrons. The summed E-state index contributed by atoms with van der Waals surface area (Å²) in [5.41, 5.74) is 3.61. The molecule has 30 heavy (non-hydrogen) atoms. The van der Waals surface area contributed by atoms with Gasteiger partial charge in [-0.05, 0) is 44.5 Å². The molecule has 3 N–H and O–H groups in total. The number of fused-ring (bicyclic) bond motifs is 1. The van der Waals surface area contributed by atoms with E-state index in [-0.39, 0.29) is 17.0 Å². The number of rotatable bonds is 8. The van der Waals surface area contributed by atoms with Crippen molar-refractivity contribution in [3.63, 3.8) is 0 Å². The van der Waals surface area contributed by atoms with Gasteiger partial charge < -0.3 is 15.2 Å². The van der Waals surface area contributed by atoms with Gasteiger partial charge in [0, 0.05) is 25.7 Å². The number of urea groups is 1. The third kappa shape index (κ3) is 5.58. The number of amides is 2. The molecule has 2 amide bonds. The Morgan fingerprint density at radius 1 is 1.10 bits per heavy atom. The fourth-order valence-electron chi connectivity index (χ4n) is 3.01. The maximum absolute atomic E-state index is 12.3. The number of benzene rings is 2. The van der Waals surface area contributed by atoms with Crippen LogP contribution in [0.1, 0.15) is 25.0 Å². The van der Waals surface area contributed by atoms with Gasteiger partial charge in [0.1, 0.15) is 0 Å². The number of aromatic nitrogens is 2. The van der Waals surface area contributed by atoms with Crippen molar-refractivity contribution in [3.8, 4) is 0 Å². The van der Waals surface area contributed by atoms with Gasteiger partial charge in [-0.3, -0.25) is 0 Å². The van der Waals surface area contributed by atoms with Gasteiger partial charge in [0.25, 0.3) is 0 Å². The number of carbonyl (C=O) groups excluding carboxylic acids is 1. The Bertz CT molecular complexity index is 1120. The summed E-state index contributed by atoms with van der Waals surface area (Å²) in [6.45, 7) is 6.96. The predicted molar refractivity (Wildman–Crippen MR) is 117 cm³/mol. The second-order valence-corrected chi connectivity index (χ2v) is 9.17. The molecule has 3 aromatic rings. The Morgan fingerprint density at radius 3 is 2.53 bits per heavy atom. The van der Waals surface area contributed by atoms with Gasteiger partial charge in [-0.15, -0.1) is 0 Å². The highest BCUT2D eigenvalue weighted by atomic mass is 32.2. The molecule has 160 valence electrons. The van der Waals surface area contributed by atoms with E-state index in [0.717, 1.165) is 11.1 Å². The first kappa shape index (κ1) is 21.8. The molecule has 1 aromatic heterocycles. The summed E-state index contributed by atoms with van der Waals surface area (Å²) in [5, 5.41) is 5.65. The highest BCUT2D eigenvalue weighted by Crippen LogP contribution is 2.18. The molecular weight excluding hydrogens is 402 g/mol. The van der Waals surface area contributed by atoms with Crippen molar-refractivity contribution in [1.29, 1.82) is 0 Å². The molecule has 0 aliphatic carbocycles. The van der Waals surface area contributed by atoms with Gasteiger partial charge in [0.15, 0.2) is 0 Å². The largest absolute Gasteiger partial charge is 0.336 e. The molecule has 2 aromatic carbocycles. The molecule has 0 saturated carbocycles. The van der Waals surface area contributed by atoms with E-state index in [4.69, 9.17) is 0 Å². The SMILES string of the molecule is Cc1ccc(CNC(=O)NCCn2cnc3cc(S(=O)(=O)NC(C)C)ccc32)cc1. The summed E-state index contributed by atoms with van der Waals surface area (Å²) in [5.74, 6) is 0. The van der Waals surface area contributed by atoms with E-state index in [0.29, 0.717) is 25.2 Å². The average molecular weight is 430 g/mol. The Kier molecular flexibility index (Phi) is 6.73. The van der Waals surface area contributed by atoms with Crippen LogP contribution in [0.3, 0.4) is 0 Å². The van der Waals surface area contributed by atoms with E-state index in [9.17, 15) is 13.2 Å². The Labute approximate surface area is 176 Å². The van der Waals surface area contributed by atoms with Gasteiger partial charge in [-0.1, -0.05) is 29.8 Å². The van der Waals surface area contributed by atoms with E-state index in [1.807, 2.05) is 35.8 Å². The smallest absolute Gasteiger partial charge is 0.315 e. The zero-order chi connectivity index (χ0) is 21.7. The number of carbonyl (C=O) groups is 1. The maximum atomic E-state index is 12.3. The maximum Gasteiger partial charge on any atom is 0.315 e. The van der Waals surface area contributed by atoms with Crippen molar-refractivity contribution in [3.05, 3.63) is 59.9 Å². The molecule has 0 saturated heterocycles. The Balaban J connectivity index is 1.55. The Morgan fingerprint density at radius 2 is 1.83 bits per heavy atom. The zero-order valence-corrected chi connectivity index (χ0v) is 18.2. The number of sulfonamides is 1. The first-order valence-electron chi connectivity index (χ1n) is 9.79. The number of nitrogens with one attached hydrogen (secondary N) is 3. The van der Waals surface area contributed by atoms with Crippen molar-refractivity contribution in [1.82, 2.24) is 24.9 Å². The molecule has 0 unspecified atom stereocenters. The molecule has 8 nitrogen and oxygen atoms in total. The second-order valence-electron chi connectivity index (χ2n) is 7.46. The van der Waals surface area contributed by atoms with E-state index < -0.39 is 10.0 Å². The lowest BCUT2D eigenvalue weighted by Crippen LogP contribution is -2.36. The van der Waals surface area contributed by atoms with Gasteiger partial charge in [0.2, 0.25) is 10.0 Å². The predicted octanol–water partition coefficient (Wildman–Crippen LogP) is 2.53. The number of nitrogens with zero attached hydrogens (tertiary/aromatic N) is 2. The highest BCUT2D eigenvalue weighted by molar-refractivity contribution is 7.89. The van der Waals surface area contributed by atoms with Gasteiger partial charge in [0.05, 0.1) is 22.3 Å². The van der Waals surface area contributed by atoms with Gasteiger partial charge in [-0.25, -0.2) is 22.9 Å². The van der Waals surface area contributed by atoms with E-state index in [1.165, 1.54) is 5.56 Å². The minimum absolute atomic E-state index is 0.183. The molecule has 1 heterocycles. The lowest BCUT2D eigenvalue weighted by atomic mass is 10.1. The topological polar surface area (TPSA) is 105 Å². The molecule has 3 rings (SSSR count). The highest BCUT2D eigenvalue weighted by Gasteiger charge is 2.16. The first-order valence-corrected chi connectivity index (χ1v) is 11.3. The number of aryl methyl sites for hydroxylation is 1. The monoisotopic (exact) mass is 429 g/mol. The summed E-state index contributed by atoms with van der Waals surface area (Å²) >= 11 is 0. The molecule has 0 aliphatic rings. The van der Waals surface area contributed by atoms with E-state index in [1.54, 1.807) is 38.4 Å². The summed E-state index contributed by atoms with van der Waals surface area (Å²) < 4.78 is 29.1. The van der Waals surface area contributed by atoms with Crippen LogP contribution < -0.4 is 15.4 Å². The summed E-state index contributed by atoms with van der Waals surface area (Å²) in [6, 6.07) is 12.4. The molecule has 0 fully saturated rings. The standard InChI is InChI=1S/C21H27N5O3S/c1-15(2)25-30(28,29)18-8-9-20-19(12-18)24-14-26(20)11-10-22-21(27)23-13-17-6-4-16(3)5-7-17/h4-9,12,14-15,25H,10-11,13H2,1-3H3,(H2,22,23,27). The third-order valence-corrected chi connectivity index (χ3v) is 6.16. The number of imidazole rings is 1. The van der Waals surface area contributed by atoms with Gasteiger partial charge in [-0.2, -0.15) is 0 Å². The lowest BCUT2D eigenvalue weighted by Gasteiger charge is -2.10. The fourth-order valence-corrected chi connectivity index (χ4v) is 4.28. The Hall–Kier alpha value is -2.91. The summed E-state index contributed by atoms with van der Waals surface area (Å²) in [7, 11) is -3.57. The van der Waals surface area contributed by atoms with Crippen LogP contribution in [0.25, 0.3) is 11.0 Å². The van der Waals surface area contributed by atoms with Crippen LogP contribution in [0.4, 0.5) is 4.79 Å². The van der Waals surface area contributed by atoms with E-state index >= 15 is 0 Å². The van der Waals surface area contributed by atoms with Crippen molar-refractivity contribution >= 4 is 27.1 Å². The molecule has 0 spiro atoms. The summed E-state index contributed by atoms with van der Waals surface area (Å²) in [6.07, 6.45) is 1.64. The van der Waals surface area contributed by atoms with Crippen LogP contribution in [0.2, 0.25) is 0 Å². The first-order chi connectivity index (χ1) is 14.2. The number of hydrogen-bond acceptors (Lipinski definition) is 4. The van der Waals surface area contributed by atoms with Crippen LogP contribution >= 0.6 is 0 Å². The third-order valence-electron chi connectivity index (χ3n) is 4.51. The number of hydrogen-bond donors (Lipinski definition) is 3. The van der Waals surface area contributed by atoms with Crippen LogP contribution in [-0.4, -0.2) is 36.6 Å².